The van der Waals surface area contributed by atoms with Crippen LogP contribution in [0.15, 0.2) is 36.4 Å². The van der Waals surface area contributed by atoms with Crippen LogP contribution in [0.4, 0.5) is 15.3 Å². The summed E-state index contributed by atoms with van der Waals surface area (Å²) in [6, 6.07) is 4.06. The summed E-state index contributed by atoms with van der Waals surface area (Å²) in [6.45, 7) is 8.50. The Morgan fingerprint density at radius 1 is 0.833 bits per heavy atom. The number of nitrogens with two attached hydrogens (primary N) is 1. The quantitative estimate of drug-likeness (QED) is 0.0888. The van der Waals surface area contributed by atoms with Gasteiger partial charge in [0.15, 0.2) is 0 Å². The number of alkyl carbamates (subject to hydrolysis) is 1. The first-order valence-corrected chi connectivity index (χ1v) is 16.2. The Morgan fingerprint density at radius 3 is 2.10 bits per heavy atom. The zero-order valence-corrected chi connectivity index (χ0v) is 28.1. The van der Waals surface area contributed by atoms with Crippen LogP contribution in [0.5, 0.6) is 0 Å². The lowest BCUT2D eigenvalue weighted by molar-refractivity contribution is -0.137. The second kappa shape index (κ2) is 20.3. The van der Waals surface area contributed by atoms with Crippen molar-refractivity contribution < 1.29 is 38.3 Å². The number of nitrogens with one attached hydrogen (secondary N) is 5. The molecule has 15 nitrogen and oxygen atoms in total. The third-order valence-electron chi connectivity index (χ3n) is 7.30. The van der Waals surface area contributed by atoms with E-state index >= 15 is 0 Å². The van der Waals surface area contributed by atoms with Crippen LogP contribution in [0.3, 0.4) is 0 Å². The zero-order chi connectivity index (χ0) is 35.6. The zero-order valence-electron chi connectivity index (χ0n) is 28.1. The lowest BCUT2D eigenvalue weighted by Gasteiger charge is -2.25. The van der Waals surface area contributed by atoms with Gasteiger partial charge in [0.1, 0.15) is 18.7 Å². The van der Waals surface area contributed by atoms with Gasteiger partial charge in [-0.05, 0) is 55.2 Å². The highest BCUT2D eigenvalue weighted by Gasteiger charge is 2.29. The van der Waals surface area contributed by atoms with Crippen LogP contribution in [0.1, 0.15) is 71.8 Å². The number of benzene rings is 1. The number of imide groups is 1. The van der Waals surface area contributed by atoms with E-state index in [-0.39, 0.29) is 62.1 Å². The molecule has 0 bridgehead atoms. The van der Waals surface area contributed by atoms with Gasteiger partial charge in [0.25, 0.3) is 11.8 Å². The number of hydrogen-bond donors (Lipinski definition) is 6. The molecule has 264 valence electrons. The highest BCUT2D eigenvalue weighted by Crippen LogP contribution is 2.13. The molecular formula is C33H49N7O8. The highest BCUT2D eigenvalue weighted by molar-refractivity contribution is 6.12. The van der Waals surface area contributed by atoms with Crippen molar-refractivity contribution in [1.82, 2.24) is 26.2 Å². The Balaban J connectivity index is 1.93. The number of unbranched alkanes of at least 4 members (excludes halogenated alkanes) is 2. The van der Waals surface area contributed by atoms with Crippen molar-refractivity contribution in [3.8, 4) is 0 Å². The molecule has 48 heavy (non-hydrogen) atoms. The second-order valence-corrected chi connectivity index (χ2v) is 12.3. The van der Waals surface area contributed by atoms with Gasteiger partial charge in [0, 0.05) is 43.9 Å². The molecule has 2 rings (SSSR count). The summed E-state index contributed by atoms with van der Waals surface area (Å²) >= 11 is 0. The monoisotopic (exact) mass is 671 g/mol. The van der Waals surface area contributed by atoms with Gasteiger partial charge in [-0.1, -0.05) is 46.2 Å². The fourth-order valence-corrected chi connectivity index (χ4v) is 4.61. The van der Waals surface area contributed by atoms with Gasteiger partial charge in [-0.2, -0.15) is 0 Å². The Bertz CT molecular complexity index is 1300. The van der Waals surface area contributed by atoms with Crippen molar-refractivity contribution in [1.29, 1.82) is 0 Å². The van der Waals surface area contributed by atoms with Crippen molar-refractivity contribution in [3.63, 3.8) is 0 Å². The summed E-state index contributed by atoms with van der Waals surface area (Å²) in [5.74, 6) is -2.08. The molecule has 0 aromatic heterocycles. The molecule has 15 heteroatoms. The van der Waals surface area contributed by atoms with E-state index in [1.807, 2.05) is 13.8 Å². The molecule has 1 aliphatic heterocycles. The van der Waals surface area contributed by atoms with Crippen molar-refractivity contribution in [2.45, 2.75) is 84.9 Å². The minimum absolute atomic E-state index is 0.0460. The van der Waals surface area contributed by atoms with Gasteiger partial charge < -0.3 is 37.1 Å². The molecule has 1 aliphatic rings. The summed E-state index contributed by atoms with van der Waals surface area (Å²) in [4.78, 5) is 86.7. The number of urea groups is 1. The Morgan fingerprint density at radius 2 is 1.50 bits per heavy atom. The topological polar surface area (TPSA) is 218 Å². The fourth-order valence-electron chi connectivity index (χ4n) is 4.61. The normalized spacial score (nSPS) is 13.7. The third-order valence-corrected chi connectivity index (χ3v) is 7.30. The van der Waals surface area contributed by atoms with E-state index in [2.05, 4.69) is 26.6 Å². The third kappa shape index (κ3) is 14.6. The maximum atomic E-state index is 13.4. The van der Waals surface area contributed by atoms with Gasteiger partial charge in [-0.25, -0.2) is 9.59 Å². The number of primary amides is 1. The van der Waals surface area contributed by atoms with Crippen molar-refractivity contribution in [3.05, 3.63) is 42.0 Å². The number of rotatable bonds is 20. The SMILES string of the molecule is CC(C)CNC(=O)OCc1ccc(NC(=O)[C@H](CCCNC(N)=O)NC(=O)C(NC(=O)CCCCCN2C(=O)C=CC2=O)C(C)C)cc1. The van der Waals surface area contributed by atoms with Crippen LogP contribution in [0, 0.1) is 11.8 Å². The first-order chi connectivity index (χ1) is 22.8. The number of ether oxygens (including phenoxy) is 1. The van der Waals surface area contributed by atoms with Gasteiger partial charge in [0.05, 0.1) is 0 Å². The van der Waals surface area contributed by atoms with Gasteiger partial charge in [0.2, 0.25) is 17.7 Å². The molecule has 0 spiro atoms. The van der Waals surface area contributed by atoms with Crippen molar-refractivity contribution in [2.24, 2.45) is 17.6 Å². The molecule has 0 aliphatic carbocycles. The van der Waals surface area contributed by atoms with Crippen molar-refractivity contribution in [2.75, 3.05) is 25.0 Å². The fraction of sp³-hybridized carbons (Fsp3) is 0.545. The highest BCUT2D eigenvalue weighted by atomic mass is 16.5. The molecular weight excluding hydrogens is 622 g/mol. The molecule has 1 unspecified atom stereocenters. The van der Waals surface area contributed by atoms with E-state index in [4.69, 9.17) is 10.5 Å². The summed E-state index contributed by atoms with van der Waals surface area (Å²) in [5.41, 5.74) is 6.30. The predicted molar refractivity (Wildman–Crippen MR) is 178 cm³/mol. The number of hydrogen-bond acceptors (Lipinski definition) is 8. The number of anilines is 1. The lowest BCUT2D eigenvalue weighted by atomic mass is 10.0. The Labute approximate surface area is 281 Å². The van der Waals surface area contributed by atoms with E-state index in [0.717, 1.165) is 4.90 Å². The van der Waals surface area contributed by atoms with Crippen LogP contribution < -0.4 is 32.3 Å². The summed E-state index contributed by atoms with van der Waals surface area (Å²) in [6.07, 6.45) is 4.23. The first-order valence-electron chi connectivity index (χ1n) is 16.2. The second-order valence-electron chi connectivity index (χ2n) is 12.3. The number of amides is 8. The number of carbonyl (C=O) groups is 7. The van der Waals surface area contributed by atoms with Crippen LogP contribution in [-0.4, -0.2) is 78.3 Å². The molecule has 1 aromatic rings. The minimum atomic E-state index is -0.997. The average Bonchev–Trinajstić information content (AvgIpc) is 3.35. The minimum Gasteiger partial charge on any atom is -0.445 e. The maximum absolute atomic E-state index is 13.4. The van der Waals surface area contributed by atoms with Crippen LogP contribution >= 0.6 is 0 Å². The summed E-state index contributed by atoms with van der Waals surface area (Å²) in [5, 5.41) is 13.4. The largest absolute Gasteiger partial charge is 0.445 e. The number of carbonyl (C=O) groups excluding carboxylic acids is 7. The van der Waals surface area contributed by atoms with E-state index in [1.165, 1.54) is 12.2 Å². The van der Waals surface area contributed by atoms with Crippen LogP contribution in [0.2, 0.25) is 0 Å². The summed E-state index contributed by atoms with van der Waals surface area (Å²) < 4.78 is 5.20. The number of nitrogens with zero attached hydrogens (tertiary/aromatic N) is 1. The lowest BCUT2D eigenvalue weighted by Crippen LogP contribution is -2.54. The smallest absolute Gasteiger partial charge is 0.407 e. The molecule has 8 amide bonds. The molecule has 1 heterocycles. The van der Waals surface area contributed by atoms with Crippen molar-refractivity contribution >= 4 is 47.3 Å². The van der Waals surface area contributed by atoms with E-state index in [1.54, 1.807) is 38.1 Å². The molecule has 0 saturated heterocycles. The van der Waals surface area contributed by atoms with E-state index in [9.17, 15) is 33.6 Å². The summed E-state index contributed by atoms with van der Waals surface area (Å²) in [7, 11) is 0. The molecule has 7 N–H and O–H groups in total. The van der Waals surface area contributed by atoms with E-state index in [0.29, 0.717) is 43.5 Å². The molecule has 0 saturated carbocycles. The van der Waals surface area contributed by atoms with Gasteiger partial charge >= 0.3 is 12.1 Å². The van der Waals surface area contributed by atoms with Crippen LogP contribution in [0.25, 0.3) is 0 Å². The molecule has 1 aromatic carbocycles. The van der Waals surface area contributed by atoms with Gasteiger partial charge in [-0.3, -0.25) is 28.9 Å². The van der Waals surface area contributed by atoms with E-state index < -0.39 is 36.0 Å². The molecule has 0 radical (unpaired) electrons. The predicted octanol–water partition coefficient (Wildman–Crippen LogP) is 2.07. The molecule has 0 fully saturated rings. The Hall–Kier alpha value is -4.95. The average molecular weight is 672 g/mol. The Kier molecular flexibility index (Phi) is 16.6. The van der Waals surface area contributed by atoms with Crippen LogP contribution in [-0.2, 0) is 35.3 Å². The standard InChI is InChI=1S/C33H49N7O8/c1-21(2)19-36-33(47)48-20-23-11-13-24(14-12-23)37-30(44)25(9-8-17-35-32(34)46)38-31(45)29(22(3)4)39-26(41)10-6-5-7-18-40-27(42)15-16-28(40)43/h11-16,21-22,25,29H,5-10,17-20H2,1-4H3,(H,36,47)(H,37,44)(H,38,45)(H,39,41)(H3,34,35,46)/t25-,29?/m0/s1. The maximum Gasteiger partial charge on any atom is 0.407 e. The first kappa shape index (κ1) is 39.2. The van der Waals surface area contributed by atoms with Gasteiger partial charge in [-0.15, -0.1) is 0 Å². The molecule has 2 atom stereocenters.